The molecule has 26 heavy (non-hydrogen) atoms. The zero-order chi connectivity index (χ0) is 16.2. The van der Waals surface area contributed by atoms with Crippen molar-refractivity contribution in [3.8, 4) is 0 Å². The van der Waals surface area contributed by atoms with Gasteiger partial charge in [0.1, 0.15) is 0 Å². The second kappa shape index (κ2) is 11.4. The van der Waals surface area contributed by atoms with Gasteiger partial charge in [-0.05, 0) is 48.6 Å². The standard InChI is InChI=1S/C20H19O3.2Li.H2O/c21-13-14-1-3-15(4-2-14)16-5-7-17(8-6-16)18-9-11-19(12-10-18)20(22)23;;;/h1-4,9-12,16-17H,5-8H2,(H,22,23);;;1H2/q-1;2*+1;/p-2. The van der Waals surface area contributed by atoms with Crippen LogP contribution in [0.4, 0.5) is 0 Å². The zero-order valence-corrected chi connectivity index (χ0v) is 15.3. The van der Waals surface area contributed by atoms with Crippen molar-refractivity contribution in [3.63, 3.8) is 0 Å². The number of hydrogen-bond acceptors (Lipinski definition) is 4. The van der Waals surface area contributed by atoms with E-state index >= 15 is 0 Å². The van der Waals surface area contributed by atoms with Gasteiger partial charge >= 0.3 is 37.7 Å². The third-order valence-corrected chi connectivity index (χ3v) is 4.84. The predicted molar refractivity (Wildman–Crippen MR) is 87.9 cm³/mol. The third-order valence-electron chi connectivity index (χ3n) is 4.84. The Morgan fingerprint density at radius 1 is 0.808 bits per heavy atom. The van der Waals surface area contributed by atoms with Gasteiger partial charge in [-0.1, -0.05) is 29.8 Å². The SMILES string of the molecule is O=[C-]c1ccc(C2CCC(c3ccc(C(=O)[O-])cc3)CC2)cc1.[Li+].[Li+].[OH-]. The summed E-state index contributed by atoms with van der Waals surface area (Å²) < 4.78 is 0. The maximum absolute atomic E-state index is 10.8. The molecule has 126 valence electrons. The van der Waals surface area contributed by atoms with Crippen LogP contribution in [-0.2, 0) is 4.79 Å². The molecule has 1 N–H and O–H groups in total. The molecule has 2 aromatic rings. The van der Waals surface area contributed by atoms with Crippen LogP contribution in [0.25, 0.3) is 0 Å². The van der Waals surface area contributed by atoms with Gasteiger partial charge in [-0.2, -0.15) is 17.7 Å². The Bertz CT molecular complexity index is 691. The van der Waals surface area contributed by atoms with Gasteiger partial charge < -0.3 is 20.2 Å². The van der Waals surface area contributed by atoms with Gasteiger partial charge in [0, 0.05) is 0 Å². The summed E-state index contributed by atoms with van der Waals surface area (Å²) in [4.78, 5) is 21.4. The molecule has 0 saturated heterocycles. The number of carbonyl (C=O) groups is 1. The normalized spacial score (nSPS) is 18.5. The van der Waals surface area contributed by atoms with Crippen LogP contribution in [0.3, 0.4) is 0 Å². The molecule has 1 aliphatic rings. The average Bonchev–Trinajstić information content (AvgIpc) is 2.62. The minimum Gasteiger partial charge on any atom is -0.870 e. The molecular weight excluding hydrogens is 318 g/mol. The van der Waals surface area contributed by atoms with Crippen LogP contribution in [0.5, 0.6) is 0 Å². The van der Waals surface area contributed by atoms with Crippen molar-refractivity contribution in [2.75, 3.05) is 0 Å². The molecule has 1 saturated carbocycles. The molecule has 0 atom stereocenters. The van der Waals surface area contributed by atoms with E-state index in [1.54, 1.807) is 12.1 Å². The first kappa shape index (κ1) is 24.7. The molecule has 0 amide bonds. The van der Waals surface area contributed by atoms with E-state index in [1.807, 2.05) is 42.7 Å². The van der Waals surface area contributed by atoms with Crippen LogP contribution < -0.4 is 42.8 Å². The molecule has 0 spiro atoms. The molecule has 1 aliphatic carbocycles. The summed E-state index contributed by atoms with van der Waals surface area (Å²) in [5.74, 6) is -0.102. The molecule has 0 radical (unpaired) electrons. The van der Waals surface area contributed by atoms with Crippen molar-refractivity contribution in [2.24, 2.45) is 0 Å². The molecule has 4 nitrogen and oxygen atoms in total. The summed E-state index contributed by atoms with van der Waals surface area (Å²) >= 11 is 0. The Hall–Kier alpha value is -1.27. The van der Waals surface area contributed by atoms with Gasteiger partial charge in [0.05, 0.1) is 12.3 Å². The second-order valence-corrected chi connectivity index (χ2v) is 6.18. The summed E-state index contributed by atoms with van der Waals surface area (Å²) in [6.07, 6.45) is 6.31. The van der Waals surface area contributed by atoms with E-state index in [2.05, 4.69) is 0 Å². The summed E-state index contributed by atoms with van der Waals surface area (Å²) in [7, 11) is 0. The average molecular weight is 337 g/mol. The van der Waals surface area contributed by atoms with Crippen LogP contribution in [0, 0.1) is 0 Å². The van der Waals surface area contributed by atoms with Gasteiger partial charge in [0.25, 0.3) is 0 Å². The van der Waals surface area contributed by atoms with Crippen LogP contribution >= 0.6 is 0 Å². The number of carbonyl (C=O) groups excluding carboxylic acids is 2. The van der Waals surface area contributed by atoms with Crippen molar-refractivity contribution < 1.29 is 57.9 Å². The smallest absolute Gasteiger partial charge is 0.870 e. The van der Waals surface area contributed by atoms with Crippen LogP contribution in [-0.4, -0.2) is 17.7 Å². The fourth-order valence-corrected chi connectivity index (χ4v) is 3.47. The topological polar surface area (TPSA) is 87.2 Å². The third kappa shape index (κ3) is 5.88. The largest absolute Gasteiger partial charge is 1.00 e. The van der Waals surface area contributed by atoms with E-state index in [-0.39, 0.29) is 48.8 Å². The number of hydrogen-bond donors (Lipinski definition) is 0. The van der Waals surface area contributed by atoms with E-state index in [4.69, 9.17) is 0 Å². The van der Waals surface area contributed by atoms with Crippen LogP contribution in [0.15, 0.2) is 48.5 Å². The van der Waals surface area contributed by atoms with E-state index < -0.39 is 5.97 Å². The molecular formula is C20H19Li2O4-. The fourth-order valence-electron chi connectivity index (χ4n) is 3.47. The van der Waals surface area contributed by atoms with E-state index in [1.165, 1.54) is 11.1 Å². The van der Waals surface area contributed by atoms with E-state index in [0.29, 0.717) is 17.4 Å². The molecule has 1 fully saturated rings. The van der Waals surface area contributed by atoms with Crippen molar-refractivity contribution in [1.82, 2.24) is 0 Å². The maximum atomic E-state index is 10.8. The van der Waals surface area contributed by atoms with Crippen LogP contribution in [0.1, 0.15) is 64.6 Å². The van der Waals surface area contributed by atoms with Crippen molar-refractivity contribution in [3.05, 3.63) is 70.8 Å². The van der Waals surface area contributed by atoms with Gasteiger partial charge in [0.2, 0.25) is 0 Å². The second-order valence-electron chi connectivity index (χ2n) is 6.18. The number of carboxylic acid groups (broad SMARTS) is 1. The Labute approximate surface area is 178 Å². The molecule has 3 rings (SSSR count). The fraction of sp³-hybridized carbons (Fsp3) is 0.300. The Morgan fingerprint density at radius 3 is 1.54 bits per heavy atom. The molecule has 0 bridgehead atoms. The monoisotopic (exact) mass is 337 g/mol. The van der Waals surface area contributed by atoms with Gasteiger partial charge in [0.15, 0.2) is 0 Å². The van der Waals surface area contributed by atoms with E-state index in [9.17, 15) is 14.7 Å². The first-order valence-corrected chi connectivity index (χ1v) is 7.97. The predicted octanol–water partition coefficient (Wildman–Crippen LogP) is -3.22. The molecule has 2 aromatic carbocycles. The number of carboxylic acids is 1. The Kier molecular flexibility index (Phi) is 10.9. The number of aromatic carboxylic acids is 1. The Balaban J connectivity index is 0.00000208. The van der Waals surface area contributed by atoms with Crippen molar-refractivity contribution in [1.29, 1.82) is 0 Å². The molecule has 6 heteroatoms. The van der Waals surface area contributed by atoms with Gasteiger partial charge in [-0.25, -0.2) is 0 Å². The minimum absolute atomic E-state index is 0. The first-order chi connectivity index (χ1) is 11.2. The van der Waals surface area contributed by atoms with Gasteiger partial charge in [-0.3, -0.25) is 0 Å². The Morgan fingerprint density at radius 2 is 1.19 bits per heavy atom. The molecule has 0 aromatic heterocycles. The minimum atomic E-state index is -1.13. The van der Waals surface area contributed by atoms with Crippen LogP contribution in [0.2, 0.25) is 0 Å². The van der Waals surface area contributed by atoms with Gasteiger partial charge in [-0.15, -0.1) is 12.1 Å². The summed E-state index contributed by atoms with van der Waals surface area (Å²) in [6, 6.07) is 14.8. The number of rotatable bonds is 4. The summed E-state index contributed by atoms with van der Waals surface area (Å²) in [5, 5.41) is 10.8. The molecule has 0 unspecified atom stereocenters. The quantitative estimate of drug-likeness (QED) is 0.434. The zero-order valence-electron chi connectivity index (χ0n) is 15.3. The molecule has 0 aliphatic heterocycles. The number of benzene rings is 2. The summed E-state index contributed by atoms with van der Waals surface area (Å²) in [6.45, 7) is 0. The molecule has 0 heterocycles. The maximum Gasteiger partial charge on any atom is 1.00 e. The summed E-state index contributed by atoms with van der Waals surface area (Å²) in [5.41, 5.74) is 3.32. The van der Waals surface area contributed by atoms with Crippen molar-refractivity contribution in [2.45, 2.75) is 37.5 Å². The first-order valence-electron chi connectivity index (χ1n) is 7.97. The van der Waals surface area contributed by atoms with E-state index in [0.717, 1.165) is 25.7 Å². The van der Waals surface area contributed by atoms with Crippen molar-refractivity contribution >= 4 is 12.3 Å².